The molecule has 1 fully saturated rings. The van der Waals surface area contributed by atoms with Gasteiger partial charge in [0.1, 0.15) is 0 Å². The van der Waals surface area contributed by atoms with Crippen LogP contribution in [0.15, 0.2) is 65.8 Å². The Labute approximate surface area is 196 Å². The average Bonchev–Trinajstić information content (AvgIpc) is 3.48. The van der Waals surface area contributed by atoms with Gasteiger partial charge >= 0.3 is 0 Å². The second kappa shape index (κ2) is 10.9. The molecule has 1 aliphatic carbocycles. The Bertz CT molecular complexity index is 987. The summed E-state index contributed by atoms with van der Waals surface area (Å²) in [4.78, 5) is 0. The molecule has 0 saturated heterocycles. The van der Waals surface area contributed by atoms with Gasteiger partial charge in [-0.25, -0.2) is 0 Å². The molecule has 170 valence electrons. The van der Waals surface area contributed by atoms with E-state index < -0.39 is 0 Å². The number of unbranched alkanes of at least 4 members (excludes halogenated alkanes) is 2. The van der Waals surface area contributed by atoms with Crippen LogP contribution in [0.1, 0.15) is 80.2 Å². The monoisotopic (exact) mass is 427 g/mol. The van der Waals surface area contributed by atoms with Gasteiger partial charge < -0.3 is 5.41 Å². The van der Waals surface area contributed by atoms with Crippen LogP contribution in [0.25, 0.3) is 0 Å². The number of rotatable bonds is 11. The lowest BCUT2D eigenvalue weighted by Gasteiger charge is -2.17. The Morgan fingerprint density at radius 2 is 1.62 bits per heavy atom. The molecule has 0 radical (unpaired) electrons. The van der Waals surface area contributed by atoms with Crippen molar-refractivity contribution < 1.29 is 0 Å². The summed E-state index contributed by atoms with van der Waals surface area (Å²) in [5.74, 6) is 0. The van der Waals surface area contributed by atoms with Gasteiger partial charge in [-0.3, -0.25) is 0 Å². The van der Waals surface area contributed by atoms with Gasteiger partial charge in [0.25, 0.3) is 0 Å². The van der Waals surface area contributed by atoms with Crippen LogP contribution in [0, 0.1) is 31.6 Å². The fraction of sp³-hybridized carbons (Fsp3) is 0.452. The second-order valence-corrected chi connectivity index (χ2v) is 10.3. The summed E-state index contributed by atoms with van der Waals surface area (Å²) in [6, 6.07) is 15.4. The van der Waals surface area contributed by atoms with E-state index in [0.29, 0.717) is 11.1 Å². The van der Waals surface area contributed by atoms with Gasteiger partial charge in [-0.15, -0.1) is 0 Å². The molecule has 0 spiro atoms. The number of benzene rings is 2. The van der Waals surface area contributed by atoms with Crippen LogP contribution in [-0.2, 0) is 12.8 Å². The number of hydrogen-bond donors (Lipinski definition) is 1. The number of nitrogens with one attached hydrogen (secondary N) is 1. The lowest BCUT2D eigenvalue weighted by atomic mass is 9.88. The summed E-state index contributed by atoms with van der Waals surface area (Å²) in [7, 11) is 0. The van der Waals surface area contributed by atoms with Crippen molar-refractivity contribution in [2.24, 2.45) is 5.41 Å². The molecule has 0 atom stereocenters. The molecule has 2 aromatic rings. The van der Waals surface area contributed by atoms with Crippen molar-refractivity contribution in [3.63, 3.8) is 0 Å². The largest absolute Gasteiger partial charge is 0.305 e. The lowest BCUT2D eigenvalue weighted by molar-refractivity contribution is 0.569. The third kappa shape index (κ3) is 7.05. The van der Waals surface area contributed by atoms with Crippen LogP contribution in [-0.4, -0.2) is 5.71 Å². The van der Waals surface area contributed by atoms with E-state index in [1.807, 2.05) is 6.92 Å². The summed E-state index contributed by atoms with van der Waals surface area (Å²) in [5, 5.41) is 8.53. The highest BCUT2D eigenvalue weighted by atomic mass is 14.5. The van der Waals surface area contributed by atoms with Crippen molar-refractivity contribution in [3.8, 4) is 0 Å². The van der Waals surface area contributed by atoms with Crippen molar-refractivity contribution in [1.29, 1.82) is 5.41 Å². The van der Waals surface area contributed by atoms with Gasteiger partial charge in [-0.05, 0) is 123 Å². The minimum absolute atomic E-state index is 0.445. The average molecular weight is 428 g/mol. The molecule has 32 heavy (non-hydrogen) atoms. The Morgan fingerprint density at radius 3 is 2.28 bits per heavy atom. The lowest BCUT2D eigenvalue weighted by Crippen LogP contribution is -2.06. The first-order valence-corrected chi connectivity index (χ1v) is 12.3. The predicted molar refractivity (Wildman–Crippen MR) is 140 cm³/mol. The van der Waals surface area contributed by atoms with E-state index in [0.717, 1.165) is 25.7 Å². The highest BCUT2D eigenvalue weighted by molar-refractivity contribution is 5.99. The summed E-state index contributed by atoms with van der Waals surface area (Å²) >= 11 is 0. The fourth-order valence-corrected chi connectivity index (χ4v) is 4.50. The van der Waals surface area contributed by atoms with Crippen molar-refractivity contribution in [2.75, 3.05) is 0 Å². The smallest absolute Gasteiger partial charge is 0.0354 e. The molecular weight excluding hydrogens is 386 g/mol. The molecule has 1 aliphatic rings. The Kier molecular flexibility index (Phi) is 8.29. The van der Waals surface area contributed by atoms with Gasteiger partial charge in [-0.1, -0.05) is 61.5 Å². The summed E-state index contributed by atoms with van der Waals surface area (Å²) < 4.78 is 0. The minimum Gasteiger partial charge on any atom is -0.305 e. The molecule has 1 nitrogen and oxygen atoms in total. The van der Waals surface area contributed by atoms with E-state index in [1.54, 1.807) is 0 Å². The molecule has 0 bridgehead atoms. The highest BCUT2D eigenvalue weighted by Gasteiger charge is 2.38. The van der Waals surface area contributed by atoms with Crippen LogP contribution >= 0.6 is 0 Å². The number of hydrogen-bond acceptors (Lipinski definition) is 1. The van der Waals surface area contributed by atoms with E-state index in [-0.39, 0.29) is 0 Å². The maximum absolute atomic E-state index is 8.53. The molecule has 0 unspecified atom stereocenters. The first kappa shape index (κ1) is 24.2. The summed E-state index contributed by atoms with van der Waals surface area (Å²) in [6.07, 6.45) is 14.1. The zero-order chi connectivity index (χ0) is 23.1. The molecule has 0 aliphatic heterocycles. The molecule has 0 aromatic heterocycles. The molecule has 0 heterocycles. The minimum atomic E-state index is 0.445. The van der Waals surface area contributed by atoms with Crippen molar-refractivity contribution in [2.45, 2.75) is 86.0 Å². The molecule has 1 heteroatoms. The summed E-state index contributed by atoms with van der Waals surface area (Å²) in [6.45, 7) is 10.9. The van der Waals surface area contributed by atoms with Crippen LogP contribution in [0.5, 0.6) is 0 Å². The van der Waals surface area contributed by atoms with Crippen LogP contribution in [0.3, 0.4) is 0 Å². The predicted octanol–water partition coefficient (Wildman–Crippen LogP) is 8.65. The standard InChI is InChI=1S/C31H41N/c1-23-20-25(3)28(21-24(23)2)16-17-30(26(4)32)29(22-31(5)18-19-31)15-11-7-10-14-27-12-8-6-9-13-27/h6,8-9,12-13,15,17,20-21,32H,7,10-11,14,16,18-19,22H2,1-5H3/b29-15+,30-17-,32-26?. The highest BCUT2D eigenvalue weighted by Crippen LogP contribution is 2.51. The molecule has 1 saturated carbocycles. The first-order valence-electron chi connectivity index (χ1n) is 12.3. The maximum atomic E-state index is 8.53. The van der Waals surface area contributed by atoms with Crippen molar-refractivity contribution in [3.05, 3.63) is 93.6 Å². The van der Waals surface area contributed by atoms with E-state index in [9.17, 15) is 0 Å². The SMILES string of the molecule is CC(=N)C(=C/Cc1cc(C)c(C)cc1C)/C(=C/CCCCc1ccccc1)CC1(C)CC1. The van der Waals surface area contributed by atoms with Gasteiger partial charge in [-0.2, -0.15) is 0 Å². The Hall–Kier alpha value is -2.41. The van der Waals surface area contributed by atoms with E-state index in [4.69, 9.17) is 5.41 Å². The van der Waals surface area contributed by atoms with Crippen LogP contribution in [0.2, 0.25) is 0 Å². The molecular formula is C31H41N. The number of allylic oxidation sites excluding steroid dienone is 4. The first-order chi connectivity index (χ1) is 15.3. The third-order valence-electron chi connectivity index (χ3n) is 7.10. The van der Waals surface area contributed by atoms with Gasteiger partial charge in [0, 0.05) is 5.71 Å². The number of aryl methyl sites for hydroxylation is 4. The summed E-state index contributed by atoms with van der Waals surface area (Å²) in [5.41, 5.74) is 10.6. The normalized spacial score (nSPS) is 15.7. The van der Waals surface area contributed by atoms with Crippen molar-refractivity contribution in [1.82, 2.24) is 0 Å². The van der Waals surface area contributed by atoms with Gasteiger partial charge in [0.15, 0.2) is 0 Å². The maximum Gasteiger partial charge on any atom is 0.0354 e. The van der Waals surface area contributed by atoms with E-state index in [1.165, 1.54) is 64.6 Å². The quantitative estimate of drug-likeness (QED) is 0.211. The van der Waals surface area contributed by atoms with Crippen LogP contribution < -0.4 is 0 Å². The van der Waals surface area contributed by atoms with Gasteiger partial charge in [0.05, 0.1) is 0 Å². The van der Waals surface area contributed by atoms with Crippen LogP contribution in [0.4, 0.5) is 0 Å². The zero-order valence-corrected chi connectivity index (χ0v) is 20.9. The Morgan fingerprint density at radius 1 is 0.938 bits per heavy atom. The molecule has 0 amide bonds. The molecule has 1 N–H and O–H groups in total. The fourth-order valence-electron chi connectivity index (χ4n) is 4.50. The third-order valence-corrected chi connectivity index (χ3v) is 7.10. The molecule has 2 aromatic carbocycles. The zero-order valence-electron chi connectivity index (χ0n) is 20.9. The second-order valence-electron chi connectivity index (χ2n) is 10.3. The Balaban J connectivity index is 1.72. The van der Waals surface area contributed by atoms with E-state index >= 15 is 0 Å². The van der Waals surface area contributed by atoms with Gasteiger partial charge in [0.2, 0.25) is 0 Å². The van der Waals surface area contributed by atoms with E-state index in [2.05, 4.69) is 82.3 Å². The topological polar surface area (TPSA) is 23.9 Å². The van der Waals surface area contributed by atoms with Crippen molar-refractivity contribution >= 4 is 5.71 Å². The molecule has 3 rings (SSSR count).